The number of terminal acetylenes is 1. The fraction of sp³-hybridized carbons (Fsp3) is 0.500. The lowest BCUT2D eigenvalue weighted by Gasteiger charge is -2.38. The minimum Gasteiger partial charge on any atom is -0.403 e. The molecule has 1 aromatic carbocycles. The van der Waals surface area contributed by atoms with E-state index in [1.807, 2.05) is 0 Å². The molecule has 0 bridgehead atoms. The lowest BCUT2D eigenvalue weighted by molar-refractivity contribution is 0.234. The molecule has 104 valence electrons. The van der Waals surface area contributed by atoms with Crippen LogP contribution in [0.4, 0.5) is 4.39 Å². The first-order valence-corrected chi connectivity index (χ1v) is 9.45. The Kier molecular flexibility index (Phi) is 4.95. The maximum atomic E-state index is 12.9. The molecule has 0 radical (unpaired) electrons. The van der Waals surface area contributed by atoms with E-state index in [4.69, 9.17) is 10.8 Å². The Morgan fingerprint density at radius 2 is 1.79 bits per heavy atom. The van der Waals surface area contributed by atoms with Crippen LogP contribution in [0.2, 0.25) is 18.1 Å². The second kappa shape index (κ2) is 5.90. The zero-order valence-electron chi connectivity index (χ0n) is 12.5. The second-order valence-corrected chi connectivity index (χ2v) is 11.1. The van der Waals surface area contributed by atoms with Crippen LogP contribution in [0, 0.1) is 18.2 Å². The Balaban J connectivity index is 2.75. The summed E-state index contributed by atoms with van der Waals surface area (Å²) in [5.74, 6) is 2.48. The van der Waals surface area contributed by atoms with Gasteiger partial charge in [0.25, 0.3) is 0 Å². The van der Waals surface area contributed by atoms with Gasteiger partial charge in [-0.2, -0.15) is 0 Å². The summed E-state index contributed by atoms with van der Waals surface area (Å²) in [5, 5.41) is 0.130. The van der Waals surface area contributed by atoms with Gasteiger partial charge in [-0.1, -0.05) is 38.8 Å². The van der Waals surface area contributed by atoms with Gasteiger partial charge in [-0.15, -0.1) is 6.42 Å². The number of hydrogen-bond donors (Lipinski definition) is 0. The quantitative estimate of drug-likeness (QED) is 0.586. The molecule has 0 spiro atoms. The lowest BCUT2D eigenvalue weighted by Crippen LogP contribution is -2.44. The van der Waals surface area contributed by atoms with E-state index in [1.165, 1.54) is 12.1 Å². The molecule has 1 nitrogen and oxygen atoms in total. The summed E-state index contributed by atoms with van der Waals surface area (Å²) >= 11 is 0. The molecule has 0 aliphatic carbocycles. The highest BCUT2D eigenvalue weighted by molar-refractivity contribution is 6.74. The highest BCUT2D eigenvalue weighted by atomic mass is 28.4. The van der Waals surface area contributed by atoms with Crippen LogP contribution in [0.3, 0.4) is 0 Å². The van der Waals surface area contributed by atoms with Crippen LogP contribution in [0.25, 0.3) is 0 Å². The highest BCUT2D eigenvalue weighted by Crippen LogP contribution is 2.37. The van der Waals surface area contributed by atoms with Crippen LogP contribution in [0.1, 0.15) is 26.3 Å². The van der Waals surface area contributed by atoms with Crippen molar-refractivity contribution in [2.75, 3.05) is 0 Å². The standard InChI is InChI=1S/C16H23FOSi/c1-7-15(18-19(5,6)16(2,3)4)12-13-8-10-14(17)11-9-13/h1,8-11,15H,12H2,2-6H3/t15-/m0/s1. The topological polar surface area (TPSA) is 9.23 Å². The molecule has 1 aromatic rings. The monoisotopic (exact) mass is 278 g/mol. The van der Waals surface area contributed by atoms with E-state index in [0.29, 0.717) is 6.42 Å². The summed E-state index contributed by atoms with van der Waals surface area (Å²) in [7, 11) is -1.87. The molecule has 0 aliphatic rings. The Hall–Kier alpha value is -1.11. The SMILES string of the molecule is C#C[C@@H](Cc1ccc(F)cc1)O[Si](C)(C)C(C)(C)C. The molecule has 0 aliphatic heterocycles. The van der Waals surface area contributed by atoms with E-state index in [9.17, 15) is 4.39 Å². The Labute approximate surface area is 117 Å². The summed E-state index contributed by atoms with van der Waals surface area (Å²) in [6.45, 7) is 10.9. The molecular weight excluding hydrogens is 255 g/mol. The minimum absolute atomic E-state index is 0.130. The Morgan fingerprint density at radius 1 is 1.26 bits per heavy atom. The van der Waals surface area contributed by atoms with Crippen molar-refractivity contribution in [2.45, 2.75) is 51.4 Å². The third-order valence-corrected chi connectivity index (χ3v) is 8.25. The third-order valence-electron chi connectivity index (χ3n) is 3.76. The van der Waals surface area contributed by atoms with E-state index in [-0.39, 0.29) is 17.0 Å². The molecular formula is C16H23FOSi. The third kappa shape index (κ3) is 4.48. The normalized spacial score (nSPS) is 13.9. The first-order valence-electron chi connectivity index (χ1n) is 6.54. The highest BCUT2D eigenvalue weighted by Gasteiger charge is 2.38. The van der Waals surface area contributed by atoms with Crippen LogP contribution in [-0.2, 0) is 10.8 Å². The van der Waals surface area contributed by atoms with Crippen LogP contribution >= 0.6 is 0 Å². The molecule has 0 N–H and O–H groups in total. The fourth-order valence-electron chi connectivity index (χ4n) is 1.50. The molecule has 19 heavy (non-hydrogen) atoms. The Bertz CT molecular complexity index is 451. The first kappa shape index (κ1) is 15.9. The van der Waals surface area contributed by atoms with Gasteiger partial charge >= 0.3 is 0 Å². The average Bonchev–Trinajstić information content (AvgIpc) is 2.29. The van der Waals surface area contributed by atoms with Gasteiger partial charge in [-0.05, 0) is 35.8 Å². The van der Waals surface area contributed by atoms with Crippen molar-refractivity contribution in [3.05, 3.63) is 35.6 Å². The Morgan fingerprint density at radius 3 is 2.21 bits per heavy atom. The van der Waals surface area contributed by atoms with Crippen LogP contribution < -0.4 is 0 Å². The lowest BCUT2D eigenvalue weighted by atomic mass is 10.1. The number of hydrogen-bond acceptors (Lipinski definition) is 1. The molecule has 0 heterocycles. The van der Waals surface area contributed by atoms with Crippen LogP contribution in [0.5, 0.6) is 0 Å². The molecule has 0 saturated heterocycles. The van der Waals surface area contributed by atoms with E-state index < -0.39 is 8.32 Å². The number of benzene rings is 1. The van der Waals surface area contributed by atoms with Gasteiger partial charge in [0, 0.05) is 6.42 Å². The van der Waals surface area contributed by atoms with Gasteiger partial charge in [0.05, 0.1) is 0 Å². The molecule has 0 amide bonds. The summed E-state index contributed by atoms with van der Waals surface area (Å²) in [4.78, 5) is 0. The van der Waals surface area contributed by atoms with Crippen molar-refractivity contribution in [2.24, 2.45) is 0 Å². The van der Waals surface area contributed by atoms with Gasteiger partial charge in [-0.3, -0.25) is 0 Å². The second-order valence-electron chi connectivity index (χ2n) is 6.36. The number of rotatable bonds is 4. The smallest absolute Gasteiger partial charge is 0.193 e. The van der Waals surface area contributed by atoms with Crippen molar-refractivity contribution >= 4 is 8.32 Å². The predicted octanol–water partition coefficient (Wildman–Crippen LogP) is 4.39. The van der Waals surface area contributed by atoms with E-state index in [2.05, 4.69) is 39.8 Å². The molecule has 1 atom stereocenters. The van der Waals surface area contributed by atoms with E-state index >= 15 is 0 Å². The molecule has 0 unspecified atom stereocenters. The average molecular weight is 278 g/mol. The summed E-state index contributed by atoms with van der Waals surface area (Å²) in [6.07, 6.45) is 5.96. The molecule has 0 saturated carbocycles. The van der Waals surface area contributed by atoms with Crippen molar-refractivity contribution in [1.82, 2.24) is 0 Å². The summed E-state index contributed by atoms with van der Waals surface area (Å²) < 4.78 is 19.1. The van der Waals surface area contributed by atoms with Crippen LogP contribution in [-0.4, -0.2) is 14.4 Å². The molecule has 3 heteroatoms. The van der Waals surface area contributed by atoms with E-state index in [1.54, 1.807) is 12.1 Å². The summed E-state index contributed by atoms with van der Waals surface area (Å²) in [5.41, 5.74) is 1.00. The van der Waals surface area contributed by atoms with Crippen LogP contribution in [0.15, 0.2) is 24.3 Å². The van der Waals surface area contributed by atoms with Gasteiger partial charge in [0.15, 0.2) is 8.32 Å². The van der Waals surface area contributed by atoms with Gasteiger partial charge in [0.2, 0.25) is 0 Å². The predicted molar refractivity (Wildman–Crippen MR) is 81.0 cm³/mol. The van der Waals surface area contributed by atoms with Crippen molar-refractivity contribution in [3.8, 4) is 12.3 Å². The van der Waals surface area contributed by atoms with Gasteiger partial charge in [0.1, 0.15) is 11.9 Å². The van der Waals surface area contributed by atoms with Crippen molar-refractivity contribution < 1.29 is 8.82 Å². The fourth-order valence-corrected chi connectivity index (χ4v) is 2.72. The van der Waals surface area contributed by atoms with Gasteiger partial charge < -0.3 is 4.43 Å². The molecule has 1 rings (SSSR count). The number of halogens is 1. The summed E-state index contributed by atoms with van der Waals surface area (Å²) in [6, 6.07) is 6.42. The van der Waals surface area contributed by atoms with Crippen molar-refractivity contribution in [3.63, 3.8) is 0 Å². The van der Waals surface area contributed by atoms with Gasteiger partial charge in [-0.25, -0.2) is 4.39 Å². The van der Waals surface area contributed by atoms with E-state index in [0.717, 1.165) is 5.56 Å². The van der Waals surface area contributed by atoms with Crippen molar-refractivity contribution in [1.29, 1.82) is 0 Å². The maximum absolute atomic E-state index is 12.9. The molecule has 0 fully saturated rings. The largest absolute Gasteiger partial charge is 0.403 e. The zero-order chi connectivity index (χ0) is 14.7. The first-order chi connectivity index (χ1) is 8.65. The molecule has 0 aromatic heterocycles. The zero-order valence-corrected chi connectivity index (χ0v) is 13.5. The maximum Gasteiger partial charge on any atom is 0.193 e. The minimum atomic E-state index is -1.87.